The molecule has 1 fully saturated rings. The van der Waals surface area contributed by atoms with E-state index in [1.54, 1.807) is 0 Å². The molecule has 0 unspecified atom stereocenters. The zero-order chi connectivity index (χ0) is 11.7. The quantitative estimate of drug-likeness (QED) is 0.880. The fourth-order valence-corrected chi connectivity index (χ4v) is 2.04. The van der Waals surface area contributed by atoms with Crippen molar-refractivity contribution in [3.05, 3.63) is 35.4 Å². The Kier molecular flexibility index (Phi) is 4.86. The highest BCUT2D eigenvalue weighted by atomic mass is 35.5. The summed E-state index contributed by atoms with van der Waals surface area (Å²) in [7, 11) is 0. The van der Waals surface area contributed by atoms with Crippen LogP contribution in [-0.4, -0.2) is 11.2 Å². The monoisotopic (exact) mass is 263 g/mol. The summed E-state index contributed by atoms with van der Waals surface area (Å²) < 4.78 is 25.9. The Morgan fingerprint density at radius 3 is 2.12 bits per heavy atom. The number of hydrogen-bond donors (Lipinski definition) is 2. The highest BCUT2D eigenvalue weighted by Crippen LogP contribution is 2.34. The zero-order valence-electron chi connectivity index (χ0n) is 9.27. The Balaban J connectivity index is 0.00000144. The van der Waals surface area contributed by atoms with Crippen LogP contribution in [0.15, 0.2) is 18.2 Å². The van der Waals surface area contributed by atoms with Crippen molar-refractivity contribution in [1.82, 2.24) is 0 Å². The van der Waals surface area contributed by atoms with E-state index in [1.807, 2.05) is 0 Å². The summed E-state index contributed by atoms with van der Waals surface area (Å²) in [5, 5.41) is 9.90. The third kappa shape index (κ3) is 3.15. The van der Waals surface area contributed by atoms with Crippen LogP contribution in [0.1, 0.15) is 30.9 Å². The minimum atomic E-state index is -0.713. The Hall–Kier alpha value is -0.710. The molecule has 5 heteroatoms. The van der Waals surface area contributed by atoms with Crippen LogP contribution in [0.25, 0.3) is 0 Å². The van der Waals surface area contributed by atoms with Gasteiger partial charge in [-0.05, 0) is 36.5 Å². The first kappa shape index (κ1) is 14.4. The van der Waals surface area contributed by atoms with E-state index >= 15 is 0 Å². The van der Waals surface area contributed by atoms with Crippen molar-refractivity contribution in [3.8, 4) is 0 Å². The van der Waals surface area contributed by atoms with Crippen molar-refractivity contribution in [3.63, 3.8) is 0 Å². The molecule has 3 N–H and O–H groups in total. The molecule has 96 valence electrons. The van der Waals surface area contributed by atoms with Gasteiger partial charge in [-0.2, -0.15) is 0 Å². The standard InChI is InChI=1S/C12H15F2NO.ClH/c13-9-4-8(5-10(14)6-9)11(15)12(16)7-2-1-3-7;/h4-7,11-12,16H,1-3,15H2;1H/t11-,12+;/m1./s1. The van der Waals surface area contributed by atoms with E-state index in [0.717, 1.165) is 25.3 Å². The second-order valence-electron chi connectivity index (χ2n) is 4.41. The van der Waals surface area contributed by atoms with Gasteiger partial charge in [0.15, 0.2) is 0 Å². The first-order chi connectivity index (χ1) is 7.58. The molecule has 2 atom stereocenters. The van der Waals surface area contributed by atoms with E-state index < -0.39 is 23.8 Å². The van der Waals surface area contributed by atoms with Crippen LogP contribution in [0, 0.1) is 17.6 Å². The van der Waals surface area contributed by atoms with Gasteiger partial charge < -0.3 is 10.8 Å². The predicted octanol–water partition coefficient (Wildman–Crippen LogP) is 2.55. The van der Waals surface area contributed by atoms with Crippen molar-refractivity contribution in [2.24, 2.45) is 11.7 Å². The smallest absolute Gasteiger partial charge is 0.126 e. The molecular formula is C12H16ClF2NO. The molecule has 1 aliphatic carbocycles. The average Bonchev–Trinajstić information content (AvgIpc) is 2.12. The van der Waals surface area contributed by atoms with Crippen LogP contribution < -0.4 is 5.73 Å². The van der Waals surface area contributed by atoms with Crippen LogP contribution in [0.5, 0.6) is 0 Å². The van der Waals surface area contributed by atoms with Crippen LogP contribution in [0.4, 0.5) is 8.78 Å². The molecule has 17 heavy (non-hydrogen) atoms. The van der Waals surface area contributed by atoms with E-state index in [0.29, 0.717) is 5.56 Å². The van der Waals surface area contributed by atoms with Gasteiger partial charge in [-0.25, -0.2) is 8.78 Å². The van der Waals surface area contributed by atoms with Gasteiger partial charge in [0.25, 0.3) is 0 Å². The summed E-state index contributed by atoms with van der Waals surface area (Å²) in [6.07, 6.45) is 2.25. The predicted molar refractivity (Wildman–Crippen MR) is 63.9 cm³/mol. The van der Waals surface area contributed by atoms with Crippen molar-refractivity contribution >= 4 is 12.4 Å². The fourth-order valence-electron chi connectivity index (χ4n) is 2.04. The van der Waals surface area contributed by atoms with Gasteiger partial charge >= 0.3 is 0 Å². The van der Waals surface area contributed by atoms with Crippen LogP contribution in [0.2, 0.25) is 0 Å². The van der Waals surface area contributed by atoms with Crippen molar-refractivity contribution in [2.45, 2.75) is 31.4 Å². The Bertz CT molecular complexity index is 365. The third-order valence-corrected chi connectivity index (χ3v) is 3.27. The average molecular weight is 264 g/mol. The highest BCUT2D eigenvalue weighted by molar-refractivity contribution is 5.85. The summed E-state index contributed by atoms with van der Waals surface area (Å²) in [5.41, 5.74) is 6.12. The number of hydrogen-bond acceptors (Lipinski definition) is 2. The molecule has 0 aromatic heterocycles. The van der Waals surface area contributed by atoms with E-state index in [-0.39, 0.29) is 18.3 Å². The minimum absolute atomic E-state index is 0. The lowest BCUT2D eigenvalue weighted by molar-refractivity contribution is 0.0412. The van der Waals surface area contributed by atoms with E-state index in [4.69, 9.17) is 5.73 Å². The molecule has 1 aliphatic rings. The van der Waals surface area contributed by atoms with Gasteiger partial charge in [-0.1, -0.05) is 6.42 Å². The van der Waals surface area contributed by atoms with Crippen LogP contribution >= 0.6 is 12.4 Å². The summed E-state index contributed by atoms with van der Waals surface area (Å²) in [6.45, 7) is 0. The minimum Gasteiger partial charge on any atom is -0.391 e. The molecule has 0 aliphatic heterocycles. The second kappa shape index (κ2) is 5.76. The molecule has 0 radical (unpaired) electrons. The summed E-state index contributed by atoms with van der Waals surface area (Å²) in [6, 6.07) is 2.44. The topological polar surface area (TPSA) is 46.2 Å². The number of halogens is 3. The van der Waals surface area contributed by atoms with Gasteiger partial charge in [0.2, 0.25) is 0 Å². The number of aliphatic hydroxyl groups excluding tert-OH is 1. The van der Waals surface area contributed by atoms with Crippen LogP contribution in [-0.2, 0) is 0 Å². The third-order valence-electron chi connectivity index (χ3n) is 3.27. The van der Waals surface area contributed by atoms with Crippen molar-refractivity contribution < 1.29 is 13.9 Å². The van der Waals surface area contributed by atoms with Gasteiger partial charge in [0.1, 0.15) is 11.6 Å². The summed E-state index contributed by atoms with van der Waals surface area (Å²) in [5.74, 6) is -1.15. The van der Waals surface area contributed by atoms with Gasteiger partial charge in [0.05, 0.1) is 12.1 Å². The number of nitrogens with two attached hydrogens (primary N) is 1. The molecule has 0 heterocycles. The summed E-state index contributed by atoms with van der Waals surface area (Å²) >= 11 is 0. The lowest BCUT2D eigenvalue weighted by atomic mass is 9.77. The van der Waals surface area contributed by atoms with Crippen molar-refractivity contribution in [2.75, 3.05) is 0 Å². The molecule has 0 spiro atoms. The molecule has 2 nitrogen and oxygen atoms in total. The van der Waals surface area contributed by atoms with E-state index in [9.17, 15) is 13.9 Å². The molecular weight excluding hydrogens is 248 g/mol. The molecule has 2 rings (SSSR count). The van der Waals surface area contributed by atoms with Gasteiger partial charge in [-0.3, -0.25) is 0 Å². The van der Waals surface area contributed by atoms with Crippen LogP contribution in [0.3, 0.4) is 0 Å². The maximum atomic E-state index is 13.0. The van der Waals surface area contributed by atoms with E-state index in [1.165, 1.54) is 12.1 Å². The van der Waals surface area contributed by atoms with Gasteiger partial charge in [-0.15, -0.1) is 12.4 Å². The molecule has 1 saturated carbocycles. The van der Waals surface area contributed by atoms with Crippen molar-refractivity contribution in [1.29, 1.82) is 0 Å². The lowest BCUT2D eigenvalue weighted by Gasteiger charge is -2.33. The number of rotatable bonds is 3. The first-order valence-electron chi connectivity index (χ1n) is 5.47. The fraction of sp³-hybridized carbons (Fsp3) is 0.500. The maximum Gasteiger partial charge on any atom is 0.126 e. The Morgan fingerprint density at radius 2 is 1.71 bits per heavy atom. The number of benzene rings is 1. The van der Waals surface area contributed by atoms with E-state index in [2.05, 4.69) is 0 Å². The molecule has 0 bridgehead atoms. The first-order valence-corrected chi connectivity index (χ1v) is 5.47. The maximum absolute atomic E-state index is 13.0. The lowest BCUT2D eigenvalue weighted by Crippen LogP contribution is -2.36. The molecule has 1 aromatic carbocycles. The zero-order valence-corrected chi connectivity index (χ0v) is 10.1. The van der Waals surface area contributed by atoms with Gasteiger partial charge in [0, 0.05) is 6.07 Å². The largest absolute Gasteiger partial charge is 0.391 e. The molecule has 1 aromatic rings. The normalized spacial score (nSPS) is 19.1. The molecule has 0 saturated heterocycles. The highest BCUT2D eigenvalue weighted by Gasteiger charge is 2.30. The Morgan fingerprint density at radius 1 is 1.18 bits per heavy atom. The second-order valence-corrected chi connectivity index (χ2v) is 4.41. The SMILES string of the molecule is Cl.N[C@H](c1cc(F)cc(F)c1)[C@@H](O)C1CCC1. The number of aliphatic hydroxyl groups is 1. The molecule has 0 amide bonds. The Labute approximate surface area is 105 Å². The summed E-state index contributed by atoms with van der Waals surface area (Å²) in [4.78, 5) is 0.